The Morgan fingerprint density at radius 2 is 1.72 bits per heavy atom. The molecule has 2 aliphatic carbocycles. The average molecular weight is 1090 g/mol. The third-order valence-corrected chi connectivity index (χ3v) is 18.2. The van der Waals surface area contributed by atoms with Crippen LogP contribution in [0.4, 0.5) is 21.6 Å². The van der Waals surface area contributed by atoms with E-state index in [-0.39, 0.29) is 63.2 Å². The first-order valence-electron chi connectivity index (χ1n) is 26.9. The number of halogens is 1. The summed E-state index contributed by atoms with van der Waals surface area (Å²) in [4.78, 5) is 48.3. The summed E-state index contributed by atoms with van der Waals surface area (Å²) in [5, 5.41) is 25.7. The molecule has 6 heterocycles. The summed E-state index contributed by atoms with van der Waals surface area (Å²) in [5.74, 6) is -0.789. The van der Waals surface area contributed by atoms with Gasteiger partial charge in [0.2, 0.25) is 11.7 Å². The maximum atomic E-state index is 14.9. The fourth-order valence-corrected chi connectivity index (χ4v) is 13.1. The van der Waals surface area contributed by atoms with Crippen LogP contribution in [0.25, 0.3) is 11.0 Å². The Morgan fingerprint density at radius 3 is 2.44 bits per heavy atom. The number of methoxy groups -OCH3 is 2. The number of piperazine rings is 1. The molecule has 4 N–H and O–H groups in total. The lowest BCUT2D eigenvalue weighted by molar-refractivity contribution is -0.384. The van der Waals surface area contributed by atoms with Crippen LogP contribution in [-0.4, -0.2) is 119 Å². The van der Waals surface area contributed by atoms with Gasteiger partial charge in [-0.3, -0.25) is 24.7 Å². The van der Waals surface area contributed by atoms with E-state index >= 15 is 0 Å². The summed E-state index contributed by atoms with van der Waals surface area (Å²) in [7, 11) is -1.73. The Hall–Kier alpha value is -6.94. The second-order valence-electron chi connectivity index (χ2n) is 22.3. The molecule has 0 unspecified atom stereocenters. The number of benzene rings is 2. The minimum absolute atomic E-state index is 0.0177. The molecule has 1 spiro atoms. The summed E-state index contributed by atoms with van der Waals surface area (Å²) < 4.78 is 62.2. The maximum absolute atomic E-state index is 14.9. The van der Waals surface area contributed by atoms with Gasteiger partial charge >= 0.3 is 5.69 Å². The van der Waals surface area contributed by atoms with Crippen LogP contribution in [-0.2, 0) is 10.0 Å². The average Bonchev–Trinajstić information content (AvgIpc) is 3.96. The minimum atomic E-state index is -4.75. The Kier molecular flexibility index (Phi) is 15.4. The predicted octanol–water partition coefficient (Wildman–Crippen LogP) is 9.67. The summed E-state index contributed by atoms with van der Waals surface area (Å²) in [6.45, 7) is 13.1. The summed E-state index contributed by atoms with van der Waals surface area (Å²) in [6, 6.07) is 20.9. The van der Waals surface area contributed by atoms with Crippen LogP contribution in [0, 0.1) is 27.3 Å². The number of H-pyrrole nitrogens is 1. The standard InChI is InChI=1S/C57H69FN10O9S/c1-35(2)42-9-7-8-10-43(42)48-34-66(36(3)38-15-20-59-51(25-38)75-5)23-24-67(48)40-29-57(30-40)18-21-65(22-19-57)39-11-12-44(49(26-39)77-50-28-45-46(58)33-62-52(45)63-55(50)76-6)54(69)64-78(73,74)41-27-47(68(71)72)53(61-32-41)60-31-37-13-16-56(4,70)17-14-37/h7-12,15,20,25-28,32-33,35-37,40,48,70H,13-14,16-19,21-24,29-31,34H2,1-6H3,(H,60,61)(H,62,63)(H,64,69)/t36-,37?,48+,56?/m1/s1. The lowest BCUT2D eigenvalue weighted by Crippen LogP contribution is -2.60. The molecule has 10 rings (SSSR count). The number of aliphatic hydroxyl groups is 1. The zero-order valence-electron chi connectivity index (χ0n) is 45.0. The number of ether oxygens (including phenoxy) is 3. The summed E-state index contributed by atoms with van der Waals surface area (Å²) in [6.07, 6.45) is 10.5. The first-order valence-corrected chi connectivity index (χ1v) is 28.4. The molecule has 414 valence electrons. The van der Waals surface area contributed by atoms with Gasteiger partial charge in [0, 0.05) is 99.7 Å². The monoisotopic (exact) mass is 1090 g/mol. The number of carbonyl (C=O) groups excluding carboxylic acids is 1. The number of amides is 1. The van der Waals surface area contributed by atoms with Crippen LogP contribution >= 0.6 is 0 Å². The number of nitro groups is 1. The van der Waals surface area contributed by atoms with Crippen LogP contribution in [0.5, 0.6) is 23.3 Å². The largest absolute Gasteiger partial charge is 0.481 e. The van der Waals surface area contributed by atoms with Gasteiger partial charge in [0.05, 0.1) is 41.9 Å². The number of hydrogen-bond donors (Lipinski definition) is 4. The molecule has 2 aliphatic heterocycles. The number of aromatic nitrogens is 4. The molecule has 2 atom stereocenters. The van der Waals surface area contributed by atoms with Crippen molar-refractivity contribution in [3.05, 3.63) is 124 Å². The van der Waals surface area contributed by atoms with E-state index in [0.717, 1.165) is 82.6 Å². The molecule has 0 radical (unpaired) electrons. The lowest BCUT2D eigenvalue weighted by atomic mass is 9.59. The van der Waals surface area contributed by atoms with Crippen LogP contribution in [0.2, 0.25) is 0 Å². The van der Waals surface area contributed by atoms with E-state index in [1.807, 2.05) is 12.3 Å². The summed E-state index contributed by atoms with van der Waals surface area (Å²) >= 11 is 0. The molecule has 1 amide bonds. The quantitative estimate of drug-likeness (QED) is 0.0492. The van der Waals surface area contributed by atoms with Crippen LogP contribution in [0.1, 0.15) is 124 Å². The molecule has 2 aromatic carbocycles. The van der Waals surface area contributed by atoms with Gasteiger partial charge in [-0.1, -0.05) is 38.1 Å². The fraction of sp³-hybridized carbons (Fsp3) is 0.474. The smallest absolute Gasteiger partial charge is 0.312 e. The summed E-state index contributed by atoms with van der Waals surface area (Å²) in [5.41, 5.74) is 3.49. The van der Waals surface area contributed by atoms with Crippen molar-refractivity contribution < 1.29 is 41.8 Å². The van der Waals surface area contributed by atoms with Crippen molar-refractivity contribution in [3.63, 3.8) is 0 Å². The Bertz CT molecular complexity index is 3290. The number of nitrogens with one attached hydrogen (secondary N) is 3. The number of nitrogens with zero attached hydrogens (tertiary/aromatic N) is 7. The van der Waals surface area contributed by atoms with E-state index < -0.39 is 42.9 Å². The van der Waals surface area contributed by atoms with Gasteiger partial charge in [-0.25, -0.2) is 27.5 Å². The van der Waals surface area contributed by atoms with Crippen LogP contribution < -0.4 is 29.1 Å². The molecular formula is C57H69FN10O9S. The van der Waals surface area contributed by atoms with Crippen LogP contribution in [0.3, 0.4) is 0 Å². The fourth-order valence-electron chi connectivity index (χ4n) is 12.2. The number of hydrogen-bond acceptors (Lipinski definition) is 16. The zero-order valence-corrected chi connectivity index (χ0v) is 45.8. The van der Waals surface area contributed by atoms with E-state index in [4.69, 9.17) is 14.2 Å². The molecular weight excluding hydrogens is 1020 g/mol. The van der Waals surface area contributed by atoms with Gasteiger partial charge in [-0.15, -0.1) is 0 Å². The van der Waals surface area contributed by atoms with Gasteiger partial charge in [0.1, 0.15) is 22.1 Å². The van der Waals surface area contributed by atoms with Gasteiger partial charge < -0.3 is 34.5 Å². The van der Waals surface area contributed by atoms with Crippen molar-refractivity contribution in [2.45, 2.75) is 114 Å². The highest BCUT2D eigenvalue weighted by molar-refractivity contribution is 7.90. The highest BCUT2D eigenvalue weighted by Crippen LogP contribution is 2.54. The molecule has 4 fully saturated rings. The first-order chi connectivity index (χ1) is 37.3. The highest BCUT2D eigenvalue weighted by Gasteiger charge is 2.50. The number of aromatic amines is 1. The van der Waals surface area contributed by atoms with E-state index in [1.54, 1.807) is 26.2 Å². The van der Waals surface area contributed by atoms with Gasteiger partial charge in [-0.2, -0.15) is 4.98 Å². The highest BCUT2D eigenvalue weighted by atomic mass is 32.2. The van der Waals surface area contributed by atoms with E-state index in [0.29, 0.717) is 50.1 Å². The molecule has 4 aliphatic rings. The number of piperidine rings is 1. The SMILES string of the molecule is COc1cc([C@@H](C)N2CCN(C3CC4(CCN(c5ccc(C(=O)NS(=O)(=O)c6cnc(NCC7CCC(C)(O)CC7)c([N+](=O)[O-])c6)c(Oc6cc7c(F)c[nH]c7nc6OC)c5)CC4)C3)[C@H](c3ccccc3C(C)C)C2)ccn1. The number of anilines is 2. The number of sulfonamides is 1. The van der Waals surface area contributed by atoms with Crippen molar-refractivity contribution >= 4 is 44.2 Å². The van der Waals surface area contributed by atoms with Crippen molar-refractivity contribution in [1.29, 1.82) is 0 Å². The number of pyridine rings is 3. The predicted molar refractivity (Wildman–Crippen MR) is 293 cm³/mol. The van der Waals surface area contributed by atoms with Gasteiger partial charge in [0.15, 0.2) is 5.75 Å². The molecule has 4 aromatic heterocycles. The molecule has 19 nitrogen and oxygen atoms in total. The van der Waals surface area contributed by atoms with E-state index in [2.05, 4.69) is 95.8 Å². The van der Waals surface area contributed by atoms with E-state index in [9.17, 15) is 32.8 Å². The van der Waals surface area contributed by atoms with Gasteiger partial charge in [0.25, 0.3) is 21.8 Å². The Labute approximate surface area is 454 Å². The third kappa shape index (κ3) is 11.3. The number of carbonyl (C=O) groups is 1. The van der Waals surface area contributed by atoms with E-state index in [1.165, 1.54) is 35.9 Å². The normalized spacial score (nSPS) is 21.5. The maximum Gasteiger partial charge on any atom is 0.312 e. The third-order valence-electron chi connectivity index (χ3n) is 16.9. The minimum Gasteiger partial charge on any atom is -0.481 e. The second-order valence-corrected chi connectivity index (χ2v) is 23.9. The van der Waals surface area contributed by atoms with Crippen molar-refractivity contribution in [2.24, 2.45) is 11.3 Å². The van der Waals surface area contributed by atoms with Crippen molar-refractivity contribution in [3.8, 4) is 23.3 Å². The van der Waals surface area contributed by atoms with Crippen LogP contribution in [0.15, 0.2) is 90.2 Å². The first kappa shape index (κ1) is 54.4. The van der Waals surface area contributed by atoms with Crippen molar-refractivity contribution in [1.82, 2.24) is 34.5 Å². The Balaban J connectivity index is 0.862. The molecule has 0 bridgehead atoms. The Morgan fingerprint density at radius 1 is 0.962 bits per heavy atom. The second kappa shape index (κ2) is 22.1. The number of rotatable bonds is 17. The van der Waals surface area contributed by atoms with Gasteiger partial charge in [-0.05, 0) is 117 Å². The molecule has 2 saturated carbocycles. The molecule has 21 heteroatoms. The topological polar surface area (TPSA) is 231 Å². The number of fused-ring (bicyclic) bond motifs is 1. The van der Waals surface area contributed by atoms with Crippen molar-refractivity contribution in [2.75, 3.05) is 63.7 Å². The molecule has 6 aromatic rings. The zero-order chi connectivity index (χ0) is 55.1. The lowest BCUT2D eigenvalue weighted by Gasteiger charge is -2.58. The molecule has 2 saturated heterocycles. The molecule has 78 heavy (non-hydrogen) atoms.